The quantitative estimate of drug-likeness (QED) is 0.354. The number of nitrogens with zero attached hydrogens (tertiary/aromatic N) is 6. The molecule has 6 rings (SSSR count). The van der Waals surface area contributed by atoms with Gasteiger partial charge in [-0.3, -0.25) is 9.89 Å². The second-order valence-electron chi connectivity index (χ2n) is 9.32. The number of ether oxygens (including phenoxy) is 2. The molecule has 1 aromatic carbocycles. The molecule has 1 aliphatic heterocycles. The van der Waals surface area contributed by atoms with E-state index >= 15 is 0 Å². The van der Waals surface area contributed by atoms with Gasteiger partial charge in [-0.05, 0) is 37.8 Å². The summed E-state index contributed by atoms with van der Waals surface area (Å²) in [6, 6.07) is 3.29. The molecule has 4 aromatic rings. The lowest BCUT2D eigenvalue weighted by Crippen LogP contribution is -2.48. The summed E-state index contributed by atoms with van der Waals surface area (Å²) in [7, 11) is 0. The number of carbonyl (C=O) groups is 1. The fraction of sp³-hybridized carbons (Fsp3) is 0.346. The number of hydrogen-bond acceptors (Lipinski definition) is 8. The molecule has 12 heteroatoms. The van der Waals surface area contributed by atoms with Crippen LogP contribution >= 0.6 is 11.6 Å². The van der Waals surface area contributed by atoms with Gasteiger partial charge in [0.25, 0.3) is 0 Å². The van der Waals surface area contributed by atoms with Gasteiger partial charge in [-0.15, -0.1) is 0 Å². The van der Waals surface area contributed by atoms with E-state index in [0.29, 0.717) is 53.8 Å². The average Bonchev–Trinajstić information content (AvgIpc) is 3.63. The van der Waals surface area contributed by atoms with E-state index in [-0.39, 0.29) is 34.7 Å². The van der Waals surface area contributed by atoms with Gasteiger partial charge in [-0.1, -0.05) is 18.2 Å². The van der Waals surface area contributed by atoms with Gasteiger partial charge in [0.15, 0.2) is 5.75 Å². The fourth-order valence-corrected chi connectivity index (χ4v) is 5.18. The summed E-state index contributed by atoms with van der Waals surface area (Å²) in [5, 5.41) is 7.73. The Morgan fingerprint density at radius 1 is 1.18 bits per heavy atom. The first-order chi connectivity index (χ1) is 18.5. The van der Waals surface area contributed by atoms with Crippen molar-refractivity contribution in [1.82, 2.24) is 30.0 Å². The number of rotatable bonds is 6. The highest BCUT2D eigenvalue weighted by Gasteiger charge is 2.26. The van der Waals surface area contributed by atoms with Crippen LogP contribution in [0.1, 0.15) is 25.7 Å². The molecule has 3 aromatic heterocycles. The normalized spacial score (nSPS) is 16.4. The van der Waals surface area contributed by atoms with E-state index in [1.54, 1.807) is 17.2 Å². The second kappa shape index (κ2) is 10.1. The lowest BCUT2D eigenvalue weighted by molar-refractivity contribution is -0.126. The number of benzene rings is 1. The first-order valence-electron chi connectivity index (χ1n) is 12.5. The number of fused-ring (bicyclic) bond motifs is 2. The smallest absolute Gasteiger partial charge is 0.319 e. The summed E-state index contributed by atoms with van der Waals surface area (Å²) < 4.78 is 26.9. The third-order valence-corrected chi connectivity index (χ3v) is 7.32. The topological polar surface area (TPSA) is 109 Å². The van der Waals surface area contributed by atoms with E-state index in [1.165, 1.54) is 18.3 Å². The monoisotopic (exact) mass is 537 g/mol. The number of hydrogen-bond donors (Lipinski definition) is 1. The van der Waals surface area contributed by atoms with E-state index < -0.39 is 5.82 Å². The van der Waals surface area contributed by atoms with Crippen LogP contribution in [0.5, 0.6) is 17.6 Å². The number of pyridine rings is 1. The van der Waals surface area contributed by atoms with E-state index in [4.69, 9.17) is 26.1 Å². The van der Waals surface area contributed by atoms with Gasteiger partial charge < -0.3 is 19.3 Å². The maximum Gasteiger partial charge on any atom is 0.319 e. The van der Waals surface area contributed by atoms with Crippen molar-refractivity contribution in [2.75, 3.05) is 31.1 Å². The zero-order valence-electron chi connectivity index (χ0n) is 20.5. The second-order valence-corrected chi connectivity index (χ2v) is 9.70. The summed E-state index contributed by atoms with van der Waals surface area (Å²) in [4.78, 5) is 29.8. The molecule has 0 bridgehead atoms. The third kappa shape index (κ3) is 4.47. The molecule has 10 nitrogen and oxygen atoms in total. The zero-order valence-corrected chi connectivity index (χ0v) is 21.2. The molecule has 0 spiro atoms. The van der Waals surface area contributed by atoms with Crippen molar-refractivity contribution in [3.8, 4) is 17.6 Å². The molecular formula is C26H25ClFN7O3. The summed E-state index contributed by atoms with van der Waals surface area (Å²) in [5.74, 6) is 0.133. The molecular weight excluding hydrogens is 513 g/mol. The SMILES string of the molecule is C=CC(=O)N1CCN(c2nc(OC3CCCC3)nc3c(Oc4c(Cl)c(F)cc5[nH]ncc45)nccc23)CC1. The Hall–Kier alpha value is -3.99. The Bertz CT molecular complexity index is 1530. The Balaban J connectivity index is 1.43. The molecule has 2 fully saturated rings. The van der Waals surface area contributed by atoms with Crippen LogP contribution in [0.15, 0.2) is 37.2 Å². The predicted octanol–water partition coefficient (Wildman–Crippen LogP) is 4.64. The number of aromatic amines is 1. The van der Waals surface area contributed by atoms with Crippen molar-refractivity contribution in [2.24, 2.45) is 0 Å². The average molecular weight is 538 g/mol. The zero-order chi connectivity index (χ0) is 26.2. The van der Waals surface area contributed by atoms with Gasteiger partial charge in [-0.25, -0.2) is 9.37 Å². The third-order valence-electron chi connectivity index (χ3n) is 6.97. The van der Waals surface area contributed by atoms with E-state index in [1.807, 2.05) is 0 Å². The summed E-state index contributed by atoms with van der Waals surface area (Å²) >= 11 is 6.30. The molecule has 1 saturated heterocycles. The van der Waals surface area contributed by atoms with Crippen molar-refractivity contribution in [3.05, 3.63) is 48.0 Å². The molecule has 1 amide bonds. The fourth-order valence-electron chi connectivity index (χ4n) is 4.99. The molecule has 4 heterocycles. The minimum atomic E-state index is -0.647. The highest BCUT2D eigenvalue weighted by molar-refractivity contribution is 6.33. The molecule has 38 heavy (non-hydrogen) atoms. The van der Waals surface area contributed by atoms with E-state index in [2.05, 4.69) is 31.6 Å². The molecule has 0 radical (unpaired) electrons. The minimum Gasteiger partial charge on any atom is -0.460 e. The summed E-state index contributed by atoms with van der Waals surface area (Å²) in [5.41, 5.74) is 0.849. The Morgan fingerprint density at radius 3 is 2.74 bits per heavy atom. The molecule has 1 N–H and O–H groups in total. The number of nitrogens with one attached hydrogen (secondary N) is 1. The molecule has 2 aliphatic rings. The van der Waals surface area contributed by atoms with E-state index in [0.717, 1.165) is 25.7 Å². The number of amides is 1. The van der Waals surface area contributed by atoms with Crippen LogP contribution in [0, 0.1) is 5.82 Å². The Morgan fingerprint density at radius 2 is 1.97 bits per heavy atom. The minimum absolute atomic E-state index is 0.0339. The van der Waals surface area contributed by atoms with Gasteiger partial charge in [0, 0.05) is 38.4 Å². The van der Waals surface area contributed by atoms with E-state index in [9.17, 15) is 9.18 Å². The van der Waals surface area contributed by atoms with Crippen LogP contribution in [0.25, 0.3) is 21.8 Å². The number of piperazine rings is 1. The first kappa shape index (κ1) is 24.4. The van der Waals surface area contributed by atoms with Gasteiger partial charge in [0.05, 0.1) is 22.5 Å². The highest BCUT2D eigenvalue weighted by Crippen LogP contribution is 2.40. The first-order valence-corrected chi connectivity index (χ1v) is 12.9. The summed E-state index contributed by atoms with van der Waals surface area (Å²) in [6.45, 7) is 5.78. The van der Waals surface area contributed by atoms with Crippen molar-refractivity contribution in [1.29, 1.82) is 0 Å². The lowest BCUT2D eigenvalue weighted by atomic mass is 10.2. The molecule has 1 aliphatic carbocycles. The Kier molecular flexibility index (Phi) is 6.44. The van der Waals surface area contributed by atoms with Crippen LogP contribution in [0.2, 0.25) is 5.02 Å². The number of halogens is 2. The predicted molar refractivity (Wildman–Crippen MR) is 140 cm³/mol. The van der Waals surface area contributed by atoms with Gasteiger partial charge in [0.2, 0.25) is 11.8 Å². The largest absolute Gasteiger partial charge is 0.460 e. The van der Waals surface area contributed by atoms with Crippen molar-refractivity contribution in [3.63, 3.8) is 0 Å². The van der Waals surface area contributed by atoms with Gasteiger partial charge in [0.1, 0.15) is 28.3 Å². The number of anilines is 1. The Labute approximate surface area is 222 Å². The summed E-state index contributed by atoms with van der Waals surface area (Å²) in [6.07, 6.45) is 8.52. The van der Waals surface area contributed by atoms with Gasteiger partial charge in [-0.2, -0.15) is 15.1 Å². The number of aromatic nitrogens is 5. The molecule has 1 saturated carbocycles. The maximum absolute atomic E-state index is 14.5. The number of H-pyrrole nitrogens is 1. The lowest BCUT2D eigenvalue weighted by Gasteiger charge is -2.35. The highest BCUT2D eigenvalue weighted by atomic mass is 35.5. The molecule has 196 valence electrons. The maximum atomic E-state index is 14.5. The van der Waals surface area contributed by atoms with Crippen molar-refractivity contribution in [2.45, 2.75) is 31.8 Å². The van der Waals surface area contributed by atoms with Crippen LogP contribution < -0.4 is 14.4 Å². The van der Waals surface area contributed by atoms with Crippen molar-refractivity contribution < 1.29 is 18.7 Å². The van der Waals surface area contributed by atoms with Crippen LogP contribution in [-0.2, 0) is 4.79 Å². The molecule has 0 atom stereocenters. The number of carbonyl (C=O) groups excluding carboxylic acids is 1. The van der Waals surface area contributed by atoms with Crippen LogP contribution in [0.4, 0.5) is 10.2 Å². The van der Waals surface area contributed by atoms with Crippen LogP contribution in [-0.4, -0.2) is 68.2 Å². The van der Waals surface area contributed by atoms with Crippen molar-refractivity contribution >= 4 is 45.1 Å². The standard InChI is InChI=1S/C26H25ClFN7O3/c1-2-20(36)34-9-11-35(12-10-34)24-16-7-8-29-25(22(16)31-26(32-24)37-15-5-3-4-6-15)38-23-17-14-30-33-19(17)13-18(28)21(23)27/h2,7-8,13-15H,1,3-6,9-12H2,(H,30,33). The molecule has 0 unspecified atom stereocenters. The van der Waals surface area contributed by atoms with Gasteiger partial charge >= 0.3 is 6.01 Å². The van der Waals surface area contributed by atoms with Crippen LogP contribution in [0.3, 0.4) is 0 Å².